The van der Waals surface area contributed by atoms with E-state index in [0.29, 0.717) is 11.3 Å². The summed E-state index contributed by atoms with van der Waals surface area (Å²) < 4.78 is 1.77. The molecule has 0 saturated heterocycles. The molecule has 0 atom stereocenters. The molecule has 1 amide bonds. The first kappa shape index (κ1) is 22.6. The highest BCUT2D eigenvalue weighted by atomic mass is 35.5. The van der Waals surface area contributed by atoms with Gasteiger partial charge in [-0.2, -0.15) is 5.10 Å². The Morgan fingerprint density at radius 1 is 1.19 bits per heavy atom. The maximum atomic E-state index is 12.7. The average Bonchev–Trinajstić information content (AvgIpc) is 3.09. The predicted octanol–water partition coefficient (Wildman–Crippen LogP) is 5.71. The van der Waals surface area contributed by atoms with Crippen LogP contribution < -0.4 is 5.32 Å². The van der Waals surface area contributed by atoms with Crippen molar-refractivity contribution in [3.05, 3.63) is 82.1 Å². The third-order valence-corrected chi connectivity index (χ3v) is 4.87. The Labute approximate surface area is 191 Å². The molecule has 1 heterocycles. The number of carbonyl (C=O) groups is 1. The van der Waals surface area contributed by atoms with Crippen LogP contribution in [0.1, 0.15) is 28.5 Å². The summed E-state index contributed by atoms with van der Waals surface area (Å²) in [6.45, 7) is 3.86. The van der Waals surface area contributed by atoms with Gasteiger partial charge in [0.2, 0.25) is 0 Å². The Balaban J connectivity index is 1.78. The van der Waals surface area contributed by atoms with Crippen LogP contribution in [0, 0.1) is 6.92 Å². The van der Waals surface area contributed by atoms with Crippen molar-refractivity contribution in [2.24, 2.45) is 12.2 Å². The zero-order valence-corrected chi connectivity index (χ0v) is 18.9. The molecule has 3 aromatic rings. The second kappa shape index (κ2) is 10.3. The van der Waals surface area contributed by atoms with E-state index in [1.54, 1.807) is 17.9 Å². The molecule has 0 saturated carbocycles. The van der Waals surface area contributed by atoms with Gasteiger partial charge in [0, 0.05) is 24.5 Å². The van der Waals surface area contributed by atoms with Crippen LogP contribution in [0.15, 0.2) is 70.5 Å². The second-order valence-corrected chi connectivity index (χ2v) is 7.85. The minimum Gasteiger partial charge on any atom is -0.391 e. The van der Waals surface area contributed by atoms with Crippen molar-refractivity contribution in [1.29, 1.82) is 0 Å². The van der Waals surface area contributed by atoms with Crippen molar-refractivity contribution in [2.45, 2.75) is 13.8 Å². The van der Waals surface area contributed by atoms with Crippen LogP contribution in [0.4, 0.5) is 5.69 Å². The number of aromatic nitrogens is 2. The molecule has 0 bridgehead atoms. The van der Waals surface area contributed by atoms with Gasteiger partial charge < -0.3 is 10.2 Å². The third kappa shape index (κ3) is 5.96. The van der Waals surface area contributed by atoms with E-state index < -0.39 is 0 Å². The number of rotatable bonds is 7. The fourth-order valence-corrected chi connectivity index (χ4v) is 3.16. The van der Waals surface area contributed by atoms with Crippen molar-refractivity contribution in [1.82, 2.24) is 9.78 Å². The number of benzene rings is 2. The number of hydrogen-bond donors (Lipinski definition) is 1. The lowest BCUT2D eigenvalue weighted by atomic mass is 10.0. The monoisotopic (exact) mass is 456 g/mol. The van der Waals surface area contributed by atoms with Gasteiger partial charge in [-0.05, 0) is 37.1 Å². The first-order valence-corrected chi connectivity index (χ1v) is 10.3. The van der Waals surface area contributed by atoms with E-state index in [4.69, 9.17) is 28.0 Å². The van der Waals surface area contributed by atoms with Crippen LogP contribution >= 0.6 is 23.2 Å². The second-order valence-electron chi connectivity index (χ2n) is 6.85. The van der Waals surface area contributed by atoms with Gasteiger partial charge in [-0.1, -0.05) is 70.8 Å². The fourth-order valence-electron chi connectivity index (χ4n) is 3.03. The number of para-hydroxylation sites is 1. The van der Waals surface area contributed by atoms with Crippen LogP contribution in [-0.4, -0.2) is 28.0 Å². The van der Waals surface area contributed by atoms with Crippen LogP contribution in [0.2, 0.25) is 0 Å². The van der Waals surface area contributed by atoms with Crippen LogP contribution in [0.3, 0.4) is 0 Å². The highest BCUT2D eigenvalue weighted by Crippen LogP contribution is 2.28. The number of carbonyl (C=O) groups excluding carboxylic acids is 1. The molecule has 1 N–H and O–H groups in total. The number of anilines is 1. The summed E-state index contributed by atoms with van der Waals surface area (Å²) in [4.78, 5) is 17.9. The van der Waals surface area contributed by atoms with Gasteiger partial charge >= 0.3 is 0 Å². The summed E-state index contributed by atoms with van der Waals surface area (Å²) in [6, 6.07) is 15.5. The fraction of sp³-hybridized carbons (Fsp3) is 0.174. The first-order valence-electron chi connectivity index (χ1n) is 9.54. The highest BCUT2D eigenvalue weighted by Gasteiger charge is 2.15. The molecular formula is C23H22Cl2N4O2. The van der Waals surface area contributed by atoms with E-state index in [-0.39, 0.29) is 17.0 Å². The molecule has 0 aliphatic heterocycles. The van der Waals surface area contributed by atoms with Gasteiger partial charge in [0.25, 0.3) is 5.91 Å². The SMILES string of the molecule is C/C(=N/OCC=C(Cl)Cl)c1ccc(-c2ccccc2NC(=O)c2cn(C)nc2C)cc1. The molecule has 6 nitrogen and oxygen atoms in total. The Morgan fingerprint density at radius 2 is 1.90 bits per heavy atom. The zero-order chi connectivity index (χ0) is 22.4. The number of amides is 1. The summed E-state index contributed by atoms with van der Waals surface area (Å²) in [5.41, 5.74) is 5.47. The summed E-state index contributed by atoms with van der Waals surface area (Å²) >= 11 is 11.1. The Hall–Kier alpha value is -3.09. The van der Waals surface area contributed by atoms with Crippen molar-refractivity contribution >= 4 is 40.5 Å². The van der Waals surface area contributed by atoms with Gasteiger partial charge in [0.15, 0.2) is 0 Å². The topological polar surface area (TPSA) is 68.5 Å². The molecular weight excluding hydrogens is 435 g/mol. The van der Waals surface area contributed by atoms with Crippen LogP contribution in [0.25, 0.3) is 11.1 Å². The summed E-state index contributed by atoms with van der Waals surface area (Å²) in [5, 5.41) is 11.3. The summed E-state index contributed by atoms with van der Waals surface area (Å²) in [7, 11) is 1.79. The predicted molar refractivity (Wildman–Crippen MR) is 126 cm³/mol. The zero-order valence-electron chi connectivity index (χ0n) is 17.4. The molecule has 31 heavy (non-hydrogen) atoms. The van der Waals surface area contributed by atoms with E-state index in [1.807, 2.05) is 62.4 Å². The molecule has 0 aliphatic rings. The van der Waals surface area contributed by atoms with Gasteiger partial charge in [-0.25, -0.2) is 0 Å². The number of halogens is 2. The minimum atomic E-state index is -0.194. The molecule has 0 radical (unpaired) electrons. The van der Waals surface area contributed by atoms with E-state index in [1.165, 1.54) is 6.08 Å². The molecule has 1 aromatic heterocycles. The van der Waals surface area contributed by atoms with Crippen molar-refractivity contribution < 1.29 is 9.63 Å². The van der Waals surface area contributed by atoms with Gasteiger partial charge in [-0.15, -0.1) is 0 Å². The molecule has 0 aliphatic carbocycles. The maximum absolute atomic E-state index is 12.7. The number of oxime groups is 1. The maximum Gasteiger partial charge on any atom is 0.259 e. The Morgan fingerprint density at radius 3 is 2.55 bits per heavy atom. The largest absolute Gasteiger partial charge is 0.391 e. The molecule has 0 spiro atoms. The van der Waals surface area contributed by atoms with Gasteiger partial charge in [-0.3, -0.25) is 9.48 Å². The Bertz CT molecular complexity index is 1130. The molecule has 3 rings (SSSR count). The minimum absolute atomic E-state index is 0.140. The molecule has 160 valence electrons. The normalized spacial score (nSPS) is 11.2. The standard InChI is InChI=1S/C23H22Cl2N4O2/c1-15(28-31-13-12-22(24)25)17-8-10-18(11-9-17)19-6-4-5-7-21(19)26-23(30)20-14-29(3)27-16(20)2/h4-12,14H,13H2,1-3H3,(H,26,30)/b28-15-. The molecule has 0 fully saturated rings. The van der Waals surface area contributed by atoms with E-state index >= 15 is 0 Å². The van der Waals surface area contributed by atoms with Crippen molar-refractivity contribution in [2.75, 3.05) is 11.9 Å². The smallest absolute Gasteiger partial charge is 0.259 e. The highest BCUT2D eigenvalue weighted by molar-refractivity contribution is 6.55. The number of nitrogens with one attached hydrogen (secondary N) is 1. The average molecular weight is 457 g/mol. The Kier molecular flexibility index (Phi) is 7.50. The number of hydrogen-bond acceptors (Lipinski definition) is 4. The first-order chi connectivity index (χ1) is 14.8. The lowest BCUT2D eigenvalue weighted by Crippen LogP contribution is -2.13. The third-order valence-electron chi connectivity index (χ3n) is 4.56. The van der Waals surface area contributed by atoms with Crippen molar-refractivity contribution in [3.63, 3.8) is 0 Å². The van der Waals surface area contributed by atoms with E-state index in [2.05, 4.69) is 15.6 Å². The molecule has 2 aromatic carbocycles. The lowest BCUT2D eigenvalue weighted by molar-refractivity contribution is 0.102. The lowest BCUT2D eigenvalue weighted by Gasteiger charge is -2.12. The number of aryl methyl sites for hydroxylation is 2. The molecule has 0 unspecified atom stereocenters. The quantitative estimate of drug-likeness (QED) is 0.281. The summed E-state index contributed by atoms with van der Waals surface area (Å²) in [6.07, 6.45) is 3.23. The summed E-state index contributed by atoms with van der Waals surface area (Å²) in [5.74, 6) is -0.194. The molecule has 8 heteroatoms. The van der Waals surface area contributed by atoms with Gasteiger partial charge in [0.1, 0.15) is 11.1 Å². The van der Waals surface area contributed by atoms with Crippen LogP contribution in [-0.2, 0) is 11.9 Å². The number of nitrogens with zero attached hydrogens (tertiary/aromatic N) is 3. The van der Waals surface area contributed by atoms with Crippen molar-refractivity contribution in [3.8, 4) is 11.1 Å². The van der Waals surface area contributed by atoms with E-state index in [0.717, 1.165) is 28.1 Å². The van der Waals surface area contributed by atoms with Crippen LogP contribution in [0.5, 0.6) is 0 Å². The van der Waals surface area contributed by atoms with Gasteiger partial charge in [0.05, 0.1) is 17.0 Å². The van der Waals surface area contributed by atoms with E-state index in [9.17, 15) is 4.79 Å².